The monoisotopic (exact) mass is 346 g/mol. The van der Waals surface area contributed by atoms with E-state index in [0.29, 0.717) is 12.1 Å². The summed E-state index contributed by atoms with van der Waals surface area (Å²) in [4.78, 5) is 14.1. The topological polar surface area (TPSA) is 32.3 Å². The second kappa shape index (κ2) is 7.96. The molecule has 1 heterocycles. The van der Waals surface area contributed by atoms with Gasteiger partial charge in [0, 0.05) is 12.6 Å². The van der Waals surface area contributed by atoms with Crippen LogP contribution in [0, 0.1) is 5.82 Å². The zero-order valence-electron chi connectivity index (χ0n) is 13.6. The molecule has 1 aromatic carbocycles. The van der Waals surface area contributed by atoms with E-state index >= 15 is 0 Å². The van der Waals surface area contributed by atoms with Crippen molar-refractivity contribution >= 4 is 5.91 Å². The summed E-state index contributed by atoms with van der Waals surface area (Å²) in [5.74, 6) is -1.26. The lowest BCUT2D eigenvalue weighted by atomic mass is 10.00. The normalized spacial score (nSPS) is 19.3. The molecule has 1 fully saturated rings. The van der Waals surface area contributed by atoms with Crippen LogP contribution >= 0.6 is 0 Å². The van der Waals surface area contributed by atoms with Crippen LogP contribution in [0.5, 0.6) is 0 Å². The number of alkyl halides is 3. The Morgan fingerprint density at radius 1 is 1.33 bits per heavy atom. The largest absolute Gasteiger partial charge is 0.416 e. The third-order valence-electron chi connectivity index (χ3n) is 4.42. The van der Waals surface area contributed by atoms with E-state index in [2.05, 4.69) is 17.1 Å². The van der Waals surface area contributed by atoms with Gasteiger partial charge in [0.05, 0.1) is 12.1 Å². The number of rotatable bonds is 5. The first-order valence-electron chi connectivity index (χ1n) is 8.17. The van der Waals surface area contributed by atoms with Gasteiger partial charge in [0.2, 0.25) is 5.91 Å². The van der Waals surface area contributed by atoms with E-state index in [1.807, 2.05) is 0 Å². The minimum absolute atomic E-state index is 0.136. The zero-order valence-corrected chi connectivity index (χ0v) is 13.6. The van der Waals surface area contributed by atoms with Crippen molar-refractivity contribution in [3.63, 3.8) is 0 Å². The number of amides is 1. The van der Waals surface area contributed by atoms with E-state index in [0.717, 1.165) is 44.4 Å². The molecular formula is C17H22F4N2O. The Morgan fingerprint density at radius 2 is 2.08 bits per heavy atom. The van der Waals surface area contributed by atoms with Gasteiger partial charge in [-0.25, -0.2) is 4.39 Å². The molecule has 0 aromatic heterocycles. The Balaban J connectivity index is 1.97. The molecule has 1 N–H and O–H groups in total. The third-order valence-corrected chi connectivity index (χ3v) is 4.42. The molecule has 2 rings (SSSR count). The first-order chi connectivity index (χ1) is 11.3. The quantitative estimate of drug-likeness (QED) is 0.824. The van der Waals surface area contributed by atoms with Crippen LogP contribution < -0.4 is 5.32 Å². The molecule has 0 radical (unpaired) electrons. The van der Waals surface area contributed by atoms with Crippen molar-refractivity contribution in [2.75, 3.05) is 13.1 Å². The summed E-state index contributed by atoms with van der Waals surface area (Å²) >= 11 is 0. The molecule has 134 valence electrons. The highest BCUT2D eigenvalue weighted by molar-refractivity contribution is 5.78. The molecule has 0 aliphatic carbocycles. The Morgan fingerprint density at radius 3 is 2.75 bits per heavy atom. The number of nitrogens with zero attached hydrogens (tertiary/aromatic N) is 1. The molecular weight excluding hydrogens is 324 g/mol. The lowest BCUT2D eigenvalue weighted by Crippen LogP contribution is -2.45. The predicted octanol–water partition coefficient (Wildman–Crippen LogP) is 3.73. The Kier molecular flexibility index (Phi) is 6.21. The van der Waals surface area contributed by atoms with Crippen LogP contribution in [-0.4, -0.2) is 29.9 Å². The lowest BCUT2D eigenvalue weighted by molar-refractivity contribution is -0.138. The molecule has 1 unspecified atom stereocenters. The Bertz CT molecular complexity index is 574. The van der Waals surface area contributed by atoms with Gasteiger partial charge in [-0.3, -0.25) is 9.69 Å². The van der Waals surface area contributed by atoms with Crippen LogP contribution in [0.15, 0.2) is 18.2 Å². The van der Waals surface area contributed by atoms with Gasteiger partial charge in [0.15, 0.2) is 0 Å². The molecule has 3 nitrogen and oxygen atoms in total. The van der Waals surface area contributed by atoms with Crippen molar-refractivity contribution in [2.24, 2.45) is 0 Å². The second-order valence-electron chi connectivity index (χ2n) is 6.10. The van der Waals surface area contributed by atoms with Gasteiger partial charge >= 0.3 is 6.18 Å². The summed E-state index contributed by atoms with van der Waals surface area (Å²) in [6.45, 7) is 2.81. The zero-order chi connectivity index (χ0) is 17.7. The van der Waals surface area contributed by atoms with Crippen LogP contribution in [0.2, 0.25) is 0 Å². The van der Waals surface area contributed by atoms with Crippen molar-refractivity contribution in [3.05, 3.63) is 35.1 Å². The Hall–Kier alpha value is -1.63. The fraction of sp³-hybridized carbons (Fsp3) is 0.588. The van der Waals surface area contributed by atoms with E-state index in [1.54, 1.807) is 0 Å². The summed E-state index contributed by atoms with van der Waals surface area (Å²) in [5.41, 5.74) is -1.19. The fourth-order valence-electron chi connectivity index (χ4n) is 3.13. The molecule has 1 aliphatic rings. The van der Waals surface area contributed by atoms with E-state index in [-0.39, 0.29) is 24.6 Å². The highest BCUT2D eigenvalue weighted by atomic mass is 19.4. The first kappa shape index (κ1) is 18.7. The third kappa shape index (κ3) is 4.93. The number of hydrogen-bond donors (Lipinski definition) is 1. The van der Waals surface area contributed by atoms with Gasteiger partial charge < -0.3 is 5.32 Å². The van der Waals surface area contributed by atoms with Gasteiger partial charge in [-0.2, -0.15) is 13.2 Å². The average Bonchev–Trinajstić information content (AvgIpc) is 2.53. The number of nitrogens with one attached hydrogen (secondary N) is 1. The SMILES string of the molecule is CCC1CCCCN1CC(=O)NCc1ccc(F)cc1C(F)(F)F. The van der Waals surface area contributed by atoms with E-state index in [9.17, 15) is 22.4 Å². The van der Waals surface area contributed by atoms with Crippen molar-refractivity contribution in [1.82, 2.24) is 10.2 Å². The fourth-order valence-corrected chi connectivity index (χ4v) is 3.13. The molecule has 0 saturated carbocycles. The highest BCUT2D eigenvalue weighted by Gasteiger charge is 2.33. The van der Waals surface area contributed by atoms with Gasteiger partial charge in [-0.05, 0) is 43.5 Å². The van der Waals surface area contributed by atoms with E-state index in [1.165, 1.54) is 0 Å². The van der Waals surface area contributed by atoms with Crippen LogP contribution in [0.4, 0.5) is 17.6 Å². The molecule has 1 amide bonds. The highest BCUT2D eigenvalue weighted by Crippen LogP contribution is 2.32. The molecule has 0 bridgehead atoms. The average molecular weight is 346 g/mol. The van der Waals surface area contributed by atoms with Crippen molar-refractivity contribution < 1.29 is 22.4 Å². The second-order valence-corrected chi connectivity index (χ2v) is 6.10. The summed E-state index contributed by atoms with van der Waals surface area (Å²) in [5, 5.41) is 2.52. The van der Waals surface area contributed by atoms with Crippen molar-refractivity contribution in [3.8, 4) is 0 Å². The van der Waals surface area contributed by atoms with E-state index < -0.39 is 17.6 Å². The minimum atomic E-state index is -4.65. The van der Waals surface area contributed by atoms with Crippen LogP contribution in [0.25, 0.3) is 0 Å². The maximum Gasteiger partial charge on any atom is 0.416 e. The molecule has 24 heavy (non-hydrogen) atoms. The van der Waals surface area contributed by atoms with Crippen molar-refractivity contribution in [2.45, 2.75) is 51.4 Å². The van der Waals surface area contributed by atoms with Crippen LogP contribution in [0.1, 0.15) is 43.7 Å². The van der Waals surface area contributed by atoms with Gasteiger partial charge in [-0.1, -0.05) is 19.4 Å². The van der Waals surface area contributed by atoms with Gasteiger partial charge in [0.1, 0.15) is 5.82 Å². The molecule has 0 spiro atoms. The molecule has 1 aromatic rings. The number of likely N-dealkylation sites (tertiary alicyclic amines) is 1. The Labute approximate surface area is 139 Å². The number of benzene rings is 1. The smallest absolute Gasteiger partial charge is 0.351 e. The number of piperidine rings is 1. The maximum absolute atomic E-state index is 13.1. The summed E-state index contributed by atoms with van der Waals surface area (Å²) in [6, 6.07) is 2.84. The molecule has 1 aliphatic heterocycles. The molecule has 1 atom stereocenters. The number of hydrogen-bond acceptors (Lipinski definition) is 2. The lowest BCUT2D eigenvalue weighted by Gasteiger charge is -2.34. The molecule has 7 heteroatoms. The molecule has 1 saturated heterocycles. The summed E-state index contributed by atoms with van der Waals surface area (Å²) < 4.78 is 51.9. The summed E-state index contributed by atoms with van der Waals surface area (Å²) in [6.07, 6.45) is -0.493. The van der Waals surface area contributed by atoms with Crippen molar-refractivity contribution in [1.29, 1.82) is 0 Å². The number of carbonyl (C=O) groups excluding carboxylic acids is 1. The van der Waals surface area contributed by atoms with Gasteiger partial charge in [0.25, 0.3) is 0 Å². The first-order valence-corrected chi connectivity index (χ1v) is 8.17. The minimum Gasteiger partial charge on any atom is -0.351 e. The maximum atomic E-state index is 13.1. The van der Waals surface area contributed by atoms with Crippen LogP contribution in [-0.2, 0) is 17.5 Å². The van der Waals surface area contributed by atoms with Crippen LogP contribution in [0.3, 0.4) is 0 Å². The number of halogens is 4. The standard InChI is InChI=1S/C17H22F4N2O/c1-2-14-5-3-4-8-23(14)11-16(24)22-10-12-6-7-13(18)9-15(12)17(19,20)21/h6-7,9,14H,2-5,8,10-11H2,1H3,(H,22,24). The number of carbonyl (C=O) groups is 1. The van der Waals surface area contributed by atoms with E-state index in [4.69, 9.17) is 0 Å². The summed E-state index contributed by atoms with van der Waals surface area (Å²) in [7, 11) is 0. The predicted molar refractivity (Wildman–Crippen MR) is 82.8 cm³/mol. The van der Waals surface area contributed by atoms with Gasteiger partial charge in [-0.15, -0.1) is 0 Å².